The molecule has 1 atom stereocenters. The minimum absolute atomic E-state index is 0.431. The zero-order chi connectivity index (χ0) is 13.1. The second-order valence-corrected chi connectivity index (χ2v) is 5.13. The van der Waals surface area contributed by atoms with Gasteiger partial charge in [-0.05, 0) is 17.7 Å². The molecule has 5 heteroatoms. The van der Waals surface area contributed by atoms with Crippen molar-refractivity contribution in [3.63, 3.8) is 0 Å². The molecule has 0 saturated heterocycles. The van der Waals surface area contributed by atoms with E-state index >= 15 is 0 Å². The quantitative estimate of drug-likeness (QED) is 0.912. The van der Waals surface area contributed by atoms with Crippen LogP contribution in [0.3, 0.4) is 0 Å². The largest absolute Gasteiger partial charge is 0.481 e. The van der Waals surface area contributed by atoms with Gasteiger partial charge in [0.05, 0.1) is 12.1 Å². The van der Waals surface area contributed by atoms with E-state index in [1.165, 1.54) is 0 Å². The Balaban J connectivity index is 2.27. The second kappa shape index (κ2) is 5.35. The van der Waals surface area contributed by atoms with Crippen LogP contribution in [0.2, 0.25) is 0 Å². The van der Waals surface area contributed by atoms with Gasteiger partial charge in [-0.3, -0.25) is 9.89 Å². The molecule has 4 nitrogen and oxygen atoms in total. The molecule has 0 saturated carbocycles. The predicted molar refractivity (Wildman–Crippen MR) is 72.2 cm³/mol. The molecule has 0 radical (unpaired) electrons. The van der Waals surface area contributed by atoms with Gasteiger partial charge in [-0.2, -0.15) is 5.10 Å². The molecule has 0 aliphatic carbocycles. The number of rotatable bonds is 4. The van der Waals surface area contributed by atoms with E-state index in [-0.39, 0.29) is 0 Å². The number of hydrogen-bond donors (Lipinski definition) is 2. The van der Waals surface area contributed by atoms with Gasteiger partial charge in [-0.1, -0.05) is 35.0 Å². The van der Waals surface area contributed by atoms with Crippen molar-refractivity contribution in [2.24, 2.45) is 5.92 Å². The summed E-state index contributed by atoms with van der Waals surface area (Å²) < 4.78 is 1.01. The molecule has 94 valence electrons. The van der Waals surface area contributed by atoms with Gasteiger partial charge in [-0.15, -0.1) is 0 Å². The number of nitrogens with zero attached hydrogens (tertiary/aromatic N) is 1. The first-order valence-electron chi connectivity index (χ1n) is 5.59. The molecular weight excluding hydrogens is 296 g/mol. The summed E-state index contributed by atoms with van der Waals surface area (Å²) in [6.45, 7) is 1.69. The fourth-order valence-electron chi connectivity index (χ4n) is 1.74. The van der Waals surface area contributed by atoms with Gasteiger partial charge in [0, 0.05) is 22.2 Å². The van der Waals surface area contributed by atoms with Gasteiger partial charge in [0.25, 0.3) is 0 Å². The van der Waals surface area contributed by atoms with Crippen LogP contribution in [-0.2, 0) is 11.2 Å². The number of aromatic amines is 1. The second-order valence-electron chi connectivity index (χ2n) is 4.21. The highest BCUT2D eigenvalue weighted by atomic mass is 79.9. The Morgan fingerprint density at radius 3 is 2.72 bits per heavy atom. The number of hydrogen-bond acceptors (Lipinski definition) is 2. The number of carboxylic acid groups (broad SMARTS) is 1. The highest BCUT2D eigenvalue weighted by molar-refractivity contribution is 9.10. The smallest absolute Gasteiger partial charge is 0.306 e. The summed E-state index contributed by atoms with van der Waals surface area (Å²) in [5.41, 5.74) is 2.84. The molecule has 1 heterocycles. The minimum atomic E-state index is -0.800. The molecule has 0 aliphatic heterocycles. The van der Waals surface area contributed by atoms with Crippen molar-refractivity contribution >= 4 is 21.9 Å². The molecular formula is C13H13BrN2O2. The van der Waals surface area contributed by atoms with E-state index in [2.05, 4.69) is 26.1 Å². The number of aliphatic carboxylic acids is 1. The maximum Gasteiger partial charge on any atom is 0.306 e. The lowest BCUT2D eigenvalue weighted by atomic mass is 9.99. The SMILES string of the molecule is CC(Cc1[nH]ncc1-c1ccc(Br)cc1)C(=O)O. The summed E-state index contributed by atoms with van der Waals surface area (Å²) in [6.07, 6.45) is 2.17. The molecule has 0 amide bonds. The third kappa shape index (κ3) is 2.79. The van der Waals surface area contributed by atoms with E-state index in [1.54, 1.807) is 13.1 Å². The van der Waals surface area contributed by atoms with E-state index in [9.17, 15) is 4.79 Å². The maximum atomic E-state index is 10.9. The van der Waals surface area contributed by atoms with Crippen LogP contribution in [0, 0.1) is 5.92 Å². The van der Waals surface area contributed by atoms with E-state index < -0.39 is 11.9 Å². The van der Waals surface area contributed by atoms with Crippen LogP contribution >= 0.6 is 15.9 Å². The molecule has 1 unspecified atom stereocenters. The average Bonchev–Trinajstić information content (AvgIpc) is 2.78. The van der Waals surface area contributed by atoms with E-state index in [0.29, 0.717) is 6.42 Å². The van der Waals surface area contributed by atoms with Gasteiger partial charge >= 0.3 is 5.97 Å². The Morgan fingerprint density at radius 1 is 1.44 bits per heavy atom. The molecule has 0 bridgehead atoms. The number of carboxylic acids is 1. The van der Waals surface area contributed by atoms with Gasteiger partial charge in [0.1, 0.15) is 0 Å². The summed E-state index contributed by atoms with van der Waals surface area (Å²) in [5.74, 6) is -1.23. The molecule has 1 aromatic heterocycles. The number of benzene rings is 1. The van der Waals surface area contributed by atoms with E-state index in [1.807, 2.05) is 24.3 Å². The van der Waals surface area contributed by atoms with Gasteiger partial charge < -0.3 is 5.11 Å². The highest BCUT2D eigenvalue weighted by Crippen LogP contribution is 2.25. The van der Waals surface area contributed by atoms with Gasteiger partial charge in [0.2, 0.25) is 0 Å². The minimum Gasteiger partial charge on any atom is -0.481 e. The van der Waals surface area contributed by atoms with Crippen molar-refractivity contribution in [2.75, 3.05) is 0 Å². The summed E-state index contributed by atoms with van der Waals surface area (Å²) in [4.78, 5) is 10.9. The molecule has 0 fully saturated rings. The monoisotopic (exact) mass is 308 g/mol. The Hall–Kier alpha value is -1.62. The van der Waals surface area contributed by atoms with Crippen molar-refractivity contribution in [1.29, 1.82) is 0 Å². The fourth-order valence-corrected chi connectivity index (χ4v) is 2.00. The van der Waals surface area contributed by atoms with Crippen LogP contribution in [0.5, 0.6) is 0 Å². The van der Waals surface area contributed by atoms with Crippen LogP contribution < -0.4 is 0 Å². The van der Waals surface area contributed by atoms with Crippen molar-refractivity contribution < 1.29 is 9.90 Å². The summed E-state index contributed by atoms with van der Waals surface area (Å²) in [5, 5.41) is 15.8. The molecule has 18 heavy (non-hydrogen) atoms. The van der Waals surface area contributed by atoms with E-state index in [0.717, 1.165) is 21.3 Å². The van der Waals surface area contributed by atoms with Crippen LogP contribution in [0.4, 0.5) is 0 Å². The predicted octanol–water partition coefficient (Wildman–Crippen LogP) is 3.10. The summed E-state index contributed by atoms with van der Waals surface area (Å²) in [7, 11) is 0. The molecule has 0 spiro atoms. The zero-order valence-corrected chi connectivity index (χ0v) is 11.4. The maximum absolute atomic E-state index is 10.9. The number of H-pyrrole nitrogens is 1. The summed E-state index contributed by atoms with van der Waals surface area (Å²) in [6, 6.07) is 7.85. The fraction of sp³-hybridized carbons (Fsp3) is 0.231. The van der Waals surface area contributed by atoms with Crippen molar-refractivity contribution in [3.05, 3.63) is 40.6 Å². The van der Waals surface area contributed by atoms with Crippen molar-refractivity contribution in [2.45, 2.75) is 13.3 Å². The van der Waals surface area contributed by atoms with Crippen molar-refractivity contribution in [1.82, 2.24) is 10.2 Å². The zero-order valence-electron chi connectivity index (χ0n) is 9.85. The third-order valence-electron chi connectivity index (χ3n) is 2.81. The number of halogens is 1. The molecule has 2 aromatic rings. The van der Waals surface area contributed by atoms with E-state index in [4.69, 9.17) is 5.11 Å². The Labute approximate surface area is 113 Å². The highest BCUT2D eigenvalue weighted by Gasteiger charge is 2.16. The van der Waals surface area contributed by atoms with Gasteiger partial charge in [-0.25, -0.2) is 0 Å². The van der Waals surface area contributed by atoms with Crippen LogP contribution in [0.25, 0.3) is 11.1 Å². The normalized spacial score (nSPS) is 12.3. The first-order valence-corrected chi connectivity index (χ1v) is 6.38. The lowest BCUT2D eigenvalue weighted by Crippen LogP contribution is -2.12. The van der Waals surface area contributed by atoms with Crippen molar-refractivity contribution in [3.8, 4) is 11.1 Å². The first kappa shape index (κ1) is 12.8. The van der Waals surface area contributed by atoms with Crippen LogP contribution in [0.15, 0.2) is 34.9 Å². The lowest BCUT2D eigenvalue weighted by molar-refractivity contribution is -0.141. The molecule has 1 aromatic carbocycles. The molecule has 2 N–H and O–H groups in total. The van der Waals surface area contributed by atoms with Crippen LogP contribution in [-0.4, -0.2) is 21.3 Å². The third-order valence-corrected chi connectivity index (χ3v) is 3.33. The molecule has 0 aliphatic rings. The summed E-state index contributed by atoms with van der Waals surface area (Å²) >= 11 is 3.39. The number of aromatic nitrogens is 2. The standard InChI is InChI=1S/C13H13BrN2O2/c1-8(13(17)18)6-12-11(7-15-16-12)9-2-4-10(14)5-3-9/h2-5,7-8H,6H2,1H3,(H,15,16)(H,17,18). The number of carbonyl (C=O) groups is 1. The topological polar surface area (TPSA) is 66.0 Å². The lowest BCUT2D eigenvalue weighted by Gasteiger charge is -2.07. The van der Waals surface area contributed by atoms with Gasteiger partial charge in [0.15, 0.2) is 0 Å². The molecule has 2 rings (SSSR count). The Bertz CT molecular complexity index is 548. The Kier molecular flexibility index (Phi) is 3.81. The Morgan fingerprint density at radius 2 is 2.11 bits per heavy atom. The first-order chi connectivity index (χ1) is 8.58. The number of nitrogens with one attached hydrogen (secondary N) is 1. The van der Waals surface area contributed by atoms with Crippen LogP contribution in [0.1, 0.15) is 12.6 Å². The average molecular weight is 309 g/mol.